The quantitative estimate of drug-likeness (QED) is 0.570. The molecule has 1 aliphatic rings. The molecule has 1 aliphatic carbocycles. The smallest absolute Gasteiger partial charge is 0.193 e. The van der Waals surface area contributed by atoms with E-state index in [0.29, 0.717) is 12.0 Å². The average molecular weight is 310 g/mol. The van der Waals surface area contributed by atoms with Gasteiger partial charge in [0.1, 0.15) is 0 Å². The fraction of sp³-hybridized carbons (Fsp3) is 0.500. The number of hydrogen-bond donors (Lipinski definition) is 3. The molecule has 4 heteroatoms. The summed E-state index contributed by atoms with van der Waals surface area (Å²) in [4.78, 5) is 0. The second-order valence-electron chi connectivity index (χ2n) is 4.91. The summed E-state index contributed by atoms with van der Waals surface area (Å²) in [6.07, 6.45) is 6.25. The van der Waals surface area contributed by atoms with Crippen molar-refractivity contribution < 1.29 is 0 Å². The van der Waals surface area contributed by atoms with Crippen LogP contribution in [0.15, 0.2) is 22.7 Å². The molecule has 0 spiro atoms. The number of halogens is 1. The van der Waals surface area contributed by atoms with Gasteiger partial charge in [-0.3, -0.25) is 5.41 Å². The lowest BCUT2D eigenvalue weighted by atomic mass is 9.96. The highest BCUT2D eigenvalue weighted by Gasteiger charge is 2.14. The van der Waals surface area contributed by atoms with Gasteiger partial charge in [0, 0.05) is 10.5 Å². The van der Waals surface area contributed by atoms with Gasteiger partial charge in [0.15, 0.2) is 5.96 Å². The first kappa shape index (κ1) is 13.4. The third-order valence-electron chi connectivity index (χ3n) is 3.43. The first-order valence-corrected chi connectivity index (χ1v) is 7.33. The van der Waals surface area contributed by atoms with Crippen LogP contribution in [0.5, 0.6) is 0 Å². The molecule has 0 aromatic heterocycles. The first-order chi connectivity index (χ1) is 8.66. The van der Waals surface area contributed by atoms with Crippen LogP contribution in [0.3, 0.4) is 0 Å². The maximum atomic E-state index is 8.01. The molecule has 0 atom stereocenters. The zero-order valence-electron chi connectivity index (χ0n) is 10.7. The lowest BCUT2D eigenvalue weighted by Crippen LogP contribution is -2.39. The van der Waals surface area contributed by atoms with Gasteiger partial charge in [0.25, 0.3) is 0 Å². The summed E-state index contributed by atoms with van der Waals surface area (Å²) in [7, 11) is 0. The van der Waals surface area contributed by atoms with Gasteiger partial charge >= 0.3 is 0 Å². The minimum absolute atomic E-state index is 0.400. The molecular weight excluding hydrogens is 290 g/mol. The molecule has 0 heterocycles. The summed E-state index contributed by atoms with van der Waals surface area (Å²) >= 11 is 3.51. The molecule has 2 rings (SSSR count). The Morgan fingerprint density at radius 1 is 1.28 bits per heavy atom. The van der Waals surface area contributed by atoms with Gasteiger partial charge in [0.05, 0.1) is 5.69 Å². The number of anilines is 1. The second-order valence-corrected chi connectivity index (χ2v) is 5.77. The number of hydrogen-bond acceptors (Lipinski definition) is 1. The van der Waals surface area contributed by atoms with Gasteiger partial charge in [-0.1, -0.05) is 31.4 Å². The van der Waals surface area contributed by atoms with E-state index in [4.69, 9.17) is 5.41 Å². The zero-order valence-corrected chi connectivity index (χ0v) is 12.3. The highest BCUT2D eigenvalue weighted by atomic mass is 79.9. The molecule has 0 saturated heterocycles. The second kappa shape index (κ2) is 6.23. The van der Waals surface area contributed by atoms with Crippen LogP contribution in [0.1, 0.15) is 37.7 Å². The third-order valence-corrected chi connectivity index (χ3v) is 4.09. The van der Waals surface area contributed by atoms with Crippen molar-refractivity contribution in [3.63, 3.8) is 0 Å². The van der Waals surface area contributed by atoms with Crippen LogP contribution in [-0.2, 0) is 0 Å². The van der Waals surface area contributed by atoms with Crippen molar-refractivity contribution >= 4 is 27.6 Å². The maximum Gasteiger partial charge on any atom is 0.193 e. The van der Waals surface area contributed by atoms with Crippen molar-refractivity contribution in [3.05, 3.63) is 28.2 Å². The standard InChI is InChI=1S/C14H20BrN3/c1-10-6-5-9-12(15)13(10)18-14(16)17-11-7-3-2-4-8-11/h5-6,9,11H,2-4,7-8H2,1H3,(H3,16,17,18). The van der Waals surface area contributed by atoms with E-state index in [1.54, 1.807) is 0 Å². The van der Waals surface area contributed by atoms with Gasteiger partial charge in [0.2, 0.25) is 0 Å². The summed E-state index contributed by atoms with van der Waals surface area (Å²) in [5.41, 5.74) is 2.12. The SMILES string of the molecule is Cc1cccc(Br)c1NC(=N)NC1CCCCC1. The molecule has 3 nitrogen and oxygen atoms in total. The fourth-order valence-corrected chi connectivity index (χ4v) is 2.97. The Hall–Kier alpha value is -1.03. The van der Waals surface area contributed by atoms with Crippen LogP contribution in [0, 0.1) is 12.3 Å². The zero-order chi connectivity index (χ0) is 13.0. The molecule has 1 saturated carbocycles. The van der Waals surface area contributed by atoms with Crippen LogP contribution in [-0.4, -0.2) is 12.0 Å². The summed E-state index contributed by atoms with van der Waals surface area (Å²) in [5, 5.41) is 14.4. The van der Waals surface area contributed by atoms with E-state index in [1.165, 1.54) is 32.1 Å². The Morgan fingerprint density at radius 2 is 2.00 bits per heavy atom. The van der Waals surface area contributed by atoms with Crippen molar-refractivity contribution in [1.29, 1.82) is 5.41 Å². The molecule has 0 unspecified atom stereocenters. The Labute approximate surface area is 117 Å². The Kier molecular flexibility index (Phi) is 4.64. The highest BCUT2D eigenvalue weighted by Crippen LogP contribution is 2.25. The van der Waals surface area contributed by atoms with Gasteiger partial charge in [-0.2, -0.15) is 0 Å². The van der Waals surface area contributed by atoms with E-state index >= 15 is 0 Å². The molecule has 98 valence electrons. The molecule has 18 heavy (non-hydrogen) atoms. The van der Waals surface area contributed by atoms with Gasteiger partial charge < -0.3 is 10.6 Å². The lowest BCUT2D eigenvalue weighted by Gasteiger charge is -2.24. The molecule has 0 amide bonds. The number of aryl methyl sites for hydroxylation is 1. The molecular formula is C14H20BrN3. The fourth-order valence-electron chi connectivity index (χ4n) is 2.40. The average Bonchev–Trinajstić information content (AvgIpc) is 2.35. The molecule has 1 fully saturated rings. The number of benzene rings is 1. The lowest BCUT2D eigenvalue weighted by molar-refractivity contribution is 0.413. The topological polar surface area (TPSA) is 47.9 Å². The monoisotopic (exact) mass is 309 g/mol. The van der Waals surface area contributed by atoms with E-state index in [9.17, 15) is 0 Å². The van der Waals surface area contributed by atoms with E-state index in [0.717, 1.165) is 15.7 Å². The van der Waals surface area contributed by atoms with Crippen LogP contribution >= 0.6 is 15.9 Å². The normalized spacial score (nSPS) is 16.3. The predicted molar refractivity (Wildman–Crippen MR) is 80.2 cm³/mol. The summed E-state index contributed by atoms with van der Waals surface area (Å²) in [5.74, 6) is 0.400. The highest BCUT2D eigenvalue weighted by molar-refractivity contribution is 9.10. The molecule has 0 radical (unpaired) electrons. The third kappa shape index (κ3) is 3.48. The van der Waals surface area contributed by atoms with E-state index in [2.05, 4.69) is 26.6 Å². The van der Waals surface area contributed by atoms with E-state index in [1.807, 2.05) is 25.1 Å². The number of guanidine groups is 1. The largest absolute Gasteiger partial charge is 0.354 e. The molecule has 1 aromatic carbocycles. The van der Waals surface area contributed by atoms with Gasteiger partial charge in [-0.15, -0.1) is 0 Å². The summed E-state index contributed by atoms with van der Waals surface area (Å²) in [6, 6.07) is 6.49. The minimum Gasteiger partial charge on any atom is -0.354 e. The van der Waals surface area contributed by atoms with Crippen LogP contribution in [0.2, 0.25) is 0 Å². The van der Waals surface area contributed by atoms with Gasteiger partial charge in [-0.05, 0) is 47.3 Å². The summed E-state index contributed by atoms with van der Waals surface area (Å²) in [6.45, 7) is 2.04. The van der Waals surface area contributed by atoms with Crippen molar-refractivity contribution in [2.75, 3.05) is 5.32 Å². The van der Waals surface area contributed by atoms with Gasteiger partial charge in [-0.25, -0.2) is 0 Å². The van der Waals surface area contributed by atoms with E-state index in [-0.39, 0.29) is 0 Å². The number of para-hydroxylation sites is 1. The van der Waals surface area contributed by atoms with Crippen LogP contribution in [0.25, 0.3) is 0 Å². The molecule has 0 aliphatic heterocycles. The van der Waals surface area contributed by atoms with Crippen molar-refractivity contribution in [3.8, 4) is 0 Å². The number of rotatable bonds is 2. The first-order valence-electron chi connectivity index (χ1n) is 6.54. The molecule has 0 bridgehead atoms. The van der Waals surface area contributed by atoms with Crippen molar-refractivity contribution in [2.24, 2.45) is 0 Å². The summed E-state index contributed by atoms with van der Waals surface area (Å²) < 4.78 is 0.998. The molecule has 3 N–H and O–H groups in total. The van der Waals surface area contributed by atoms with Crippen LogP contribution in [0.4, 0.5) is 5.69 Å². The van der Waals surface area contributed by atoms with Crippen molar-refractivity contribution in [1.82, 2.24) is 5.32 Å². The molecule has 1 aromatic rings. The number of nitrogens with one attached hydrogen (secondary N) is 3. The Bertz CT molecular complexity index is 405. The Balaban J connectivity index is 1.94. The predicted octanol–water partition coefficient (Wildman–Crippen LogP) is 4.03. The van der Waals surface area contributed by atoms with E-state index < -0.39 is 0 Å². The van der Waals surface area contributed by atoms with Crippen molar-refractivity contribution in [2.45, 2.75) is 45.1 Å². The Morgan fingerprint density at radius 3 is 2.67 bits per heavy atom. The van der Waals surface area contributed by atoms with Crippen LogP contribution < -0.4 is 10.6 Å². The maximum absolute atomic E-state index is 8.01. The minimum atomic E-state index is 0.400.